The number of hydrogen-bond donors (Lipinski definition) is 2. The van der Waals surface area contributed by atoms with E-state index in [1.54, 1.807) is 6.33 Å². The smallest absolute Gasteiger partial charge is 0.322 e. The summed E-state index contributed by atoms with van der Waals surface area (Å²) in [5.74, 6) is 0.0886. The zero-order valence-corrected chi connectivity index (χ0v) is 10.7. The SMILES string of the molecule is CC(C)NC(CN1CCn2cnnc2C1)C(=O)O. The van der Waals surface area contributed by atoms with Crippen LogP contribution >= 0.6 is 0 Å². The summed E-state index contributed by atoms with van der Waals surface area (Å²) in [4.78, 5) is 13.3. The minimum absolute atomic E-state index is 0.152. The monoisotopic (exact) mass is 253 g/mol. The lowest BCUT2D eigenvalue weighted by Gasteiger charge is -2.30. The first-order valence-electron chi connectivity index (χ1n) is 6.14. The Labute approximate surface area is 106 Å². The molecule has 0 saturated carbocycles. The van der Waals surface area contributed by atoms with E-state index in [4.69, 9.17) is 0 Å². The van der Waals surface area contributed by atoms with Gasteiger partial charge in [-0.2, -0.15) is 0 Å². The number of carboxylic acids is 1. The molecule has 7 heteroatoms. The molecule has 0 fully saturated rings. The molecule has 2 heterocycles. The number of nitrogens with zero attached hydrogens (tertiary/aromatic N) is 4. The third-order valence-electron chi connectivity index (χ3n) is 2.99. The molecule has 18 heavy (non-hydrogen) atoms. The Bertz CT molecular complexity index is 417. The average Bonchev–Trinajstić information content (AvgIpc) is 2.74. The van der Waals surface area contributed by atoms with E-state index < -0.39 is 12.0 Å². The molecule has 0 bridgehead atoms. The second-order valence-electron chi connectivity index (χ2n) is 4.89. The fourth-order valence-corrected chi connectivity index (χ4v) is 2.13. The fraction of sp³-hybridized carbons (Fsp3) is 0.727. The topological polar surface area (TPSA) is 83.3 Å². The van der Waals surface area contributed by atoms with E-state index >= 15 is 0 Å². The van der Waals surface area contributed by atoms with Gasteiger partial charge in [0.05, 0.1) is 6.54 Å². The van der Waals surface area contributed by atoms with Crippen molar-refractivity contribution in [2.24, 2.45) is 0 Å². The van der Waals surface area contributed by atoms with Crippen LogP contribution in [0.2, 0.25) is 0 Å². The molecule has 0 amide bonds. The molecule has 7 nitrogen and oxygen atoms in total. The van der Waals surface area contributed by atoms with Crippen molar-refractivity contribution >= 4 is 5.97 Å². The maximum atomic E-state index is 11.2. The zero-order chi connectivity index (χ0) is 13.1. The molecule has 1 unspecified atom stereocenters. The Morgan fingerprint density at radius 3 is 3.00 bits per heavy atom. The molecule has 100 valence electrons. The maximum Gasteiger partial charge on any atom is 0.322 e. The van der Waals surface area contributed by atoms with Gasteiger partial charge in [0.25, 0.3) is 0 Å². The van der Waals surface area contributed by atoms with Crippen molar-refractivity contribution in [3.05, 3.63) is 12.2 Å². The predicted octanol–water partition coefficient (Wildman–Crippen LogP) is -0.455. The summed E-state index contributed by atoms with van der Waals surface area (Å²) in [6, 6.07) is -0.390. The van der Waals surface area contributed by atoms with Crippen molar-refractivity contribution in [2.45, 2.75) is 39.0 Å². The summed E-state index contributed by atoms with van der Waals surface area (Å²) < 4.78 is 2.00. The highest BCUT2D eigenvalue weighted by Gasteiger charge is 2.24. The summed E-state index contributed by atoms with van der Waals surface area (Å²) in [6.45, 7) is 6.68. The van der Waals surface area contributed by atoms with Crippen LogP contribution in [-0.4, -0.2) is 55.9 Å². The van der Waals surface area contributed by atoms with Crippen LogP contribution in [0.5, 0.6) is 0 Å². The van der Waals surface area contributed by atoms with Crippen molar-refractivity contribution in [3.8, 4) is 0 Å². The molecule has 2 rings (SSSR count). The number of aliphatic carboxylic acids is 1. The average molecular weight is 253 g/mol. The highest BCUT2D eigenvalue weighted by molar-refractivity contribution is 5.73. The van der Waals surface area contributed by atoms with Gasteiger partial charge in [-0.05, 0) is 0 Å². The third-order valence-corrected chi connectivity index (χ3v) is 2.99. The van der Waals surface area contributed by atoms with Crippen LogP contribution in [0.4, 0.5) is 0 Å². The van der Waals surface area contributed by atoms with Crippen molar-refractivity contribution < 1.29 is 9.90 Å². The van der Waals surface area contributed by atoms with Gasteiger partial charge in [0.15, 0.2) is 0 Å². The van der Waals surface area contributed by atoms with E-state index in [-0.39, 0.29) is 6.04 Å². The second-order valence-corrected chi connectivity index (χ2v) is 4.89. The Balaban J connectivity index is 1.95. The molecular weight excluding hydrogens is 234 g/mol. The fourth-order valence-electron chi connectivity index (χ4n) is 2.13. The Morgan fingerprint density at radius 1 is 1.56 bits per heavy atom. The molecule has 0 aliphatic carbocycles. The van der Waals surface area contributed by atoms with Gasteiger partial charge < -0.3 is 15.0 Å². The van der Waals surface area contributed by atoms with E-state index in [0.29, 0.717) is 13.1 Å². The Kier molecular flexibility index (Phi) is 3.93. The zero-order valence-electron chi connectivity index (χ0n) is 10.7. The van der Waals surface area contributed by atoms with Crippen LogP contribution in [0.25, 0.3) is 0 Å². The van der Waals surface area contributed by atoms with Crippen LogP contribution in [0.15, 0.2) is 6.33 Å². The number of nitrogens with one attached hydrogen (secondary N) is 1. The van der Waals surface area contributed by atoms with Gasteiger partial charge in [0.1, 0.15) is 18.2 Å². The van der Waals surface area contributed by atoms with Gasteiger partial charge in [0, 0.05) is 25.7 Å². The summed E-state index contributed by atoms with van der Waals surface area (Å²) in [6.07, 6.45) is 1.72. The molecule has 1 atom stereocenters. The standard InChI is InChI=1S/C11H19N5O2/c1-8(2)13-9(11(17)18)5-15-3-4-16-7-12-14-10(16)6-15/h7-9,13H,3-6H2,1-2H3,(H,17,18). The van der Waals surface area contributed by atoms with Gasteiger partial charge in [-0.15, -0.1) is 10.2 Å². The number of hydrogen-bond acceptors (Lipinski definition) is 5. The molecule has 0 spiro atoms. The molecule has 0 saturated heterocycles. The molecule has 0 aromatic carbocycles. The van der Waals surface area contributed by atoms with E-state index in [1.807, 2.05) is 18.4 Å². The summed E-state index contributed by atoms with van der Waals surface area (Å²) in [5, 5.41) is 20.1. The quantitative estimate of drug-likeness (QED) is 0.739. The Hall–Kier alpha value is -1.47. The van der Waals surface area contributed by atoms with Gasteiger partial charge in [-0.1, -0.05) is 13.8 Å². The molecule has 0 radical (unpaired) electrons. The number of rotatable bonds is 5. The van der Waals surface area contributed by atoms with E-state index in [2.05, 4.69) is 20.4 Å². The summed E-state index contributed by atoms with van der Waals surface area (Å²) in [7, 11) is 0. The first-order valence-corrected chi connectivity index (χ1v) is 6.14. The van der Waals surface area contributed by atoms with Gasteiger partial charge in [-0.3, -0.25) is 9.69 Å². The normalized spacial score (nSPS) is 17.7. The van der Waals surface area contributed by atoms with Gasteiger partial charge >= 0.3 is 5.97 Å². The maximum absolute atomic E-state index is 11.2. The van der Waals surface area contributed by atoms with Crippen LogP contribution in [0, 0.1) is 0 Å². The van der Waals surface area contributed by atoms with Gasteiger partial charge in [0.2, 0.25) is 0 Å². The molecule has 1 aliphatic rings. The number of carboxylic acid groups (broad SMARTS) is 1. The number of carbonyl (C=O) groups is 1. The van der Waals surface area contributed by atoms with Crippen LogP contribution in [-0.2, 0) is 17.9 Å². The van der Waals surface area contributed by atoms with Crippen molar-refractivity contribution in [1.82, 2.24) is 25.0 Å². The van der Waals surface area contributed by atoms with E-state index in [0.717, 1.165) is 18.9 Å². The van der Waals surface area contributed by atoms with Crippen molar-refractivity contribution in [2.75, 3.05) is 13.1 Å². The molecule has 1 aromatic rings. The van der Waals surface area contributed by atoms with Crippen molar-refractivity contribution in [3.63, 3.8) is 0 Å². The minimum Gasteiger partial charge on any atom is -0.480 e. The summed E-state index contributed by atoms with van der Waals surface area (Å²) >= 11 is 0. The van der Waals surface area contributed by atoms with Crippen LogP contribution in [0.3, 0.4) is 0 Å². The summed E-state index contributed by atoms with van der Waals surface area (Å²) in [5.41, 5.74) is 0. The Morgan fingerprint density at radius 2 is 2.33 bits per heavy atom. The molecule has 1 aliphatic heterocycles. The van der Waals surface area contributed by atoms with E-state index in [1.165, 1.54) is 0 Å². The predicted molar refractivity (Wildman–Crippen MR) is 65.0 cm³/mol. The molecule has 2 N–H and O–H groups in total. The highest BCUT2D eigenvalue weighted by Crippen LogP contribution is 2.09. The van der Waals surface area contributed by atoms with Gasteiger partial charge in [-0.25, -0.2) is 0 Å². The number of aromatic nitrogens is 3. The third kappa shape index (κ3) is 3.05. The lowest BCUT2D eigenvalue weighted by molar-refractivity contribution is -0.140. The van der Waals surface area contributed by atoms with E-state index in [9.17, 15) is 9.90 Å². The molecule has 1 aromatic heterocycles. The lowest BCUT2D eigenvalue weighted by atomic mass is 10.2. The molecular formula is C11H19N5O2. The van der Waals surface area contributed by atoms with Crippen LogP contribution in [0.1, 0.15) is 19.7 Å². The lowest BCUT2D eigenvalue weighted by Crippen LogP contribution is -2.50. The first kappa shape index (κ1) is 13.0. The largest absolute Gasteiger partial charge is 0.480 e. The highest BCUT2D eigenvalue weighted by atomic mass is 16.4. The van der Waals surface area contributed by atoms with Crippen molar-refractivity contribution in [1.29, 1.82) is 0 Å². The first-order chi connectivity index (χ1) is 8.56. The number of fused-ring (bicyclic) bond motifs is 1. The minimum atomic E-state index is -0.809. The van der Waals surface area contributed by atoms with Crippen LogP contribution < -0.4 is 5.32 Å². The second kappa shape index (κ2) is 5.45.